The molecule has 1 saturated heterocycles. The van der Waals surface area contributed by atoms with Crippen molar-refractivity contribution >= 4 is 16.9 Å². The highest BCUT2D eigenvalue weighted by molar-refractivity contribution is 5.86. The first-order valence-electron chi connectivity index (χ1n) is 7.94. The second kappa shape index (κ2) is 5.60. The molecular formula is C15H21N5O. The van der Waals surface area contributed by atoms with E-state index in [1.807, 2.05) is 6.20 Å². The predicted molar refractivity (Wildman–Crippen MR) is 80.3 cm³/mol. The van der Waals surface area contributed by atoms with Crippen LogP contribution < -0.4 is 4.90 Å². The summed E-state index contributed by atoms with van der Waals surface area (Å²) in [6.07, 6.45) is 11.2. The van der Waals surface area contributed by atoms with Gasteiger partial charge in [-0.2, -0.15) is 5.10 Å². The minimum Gasteiger partial charge on any atom is -0.376 e. The number of fused-ring (bicyclic) bond motifs is 1. The number of ether oxygens (including phenoxy) is 1. The lowest BCUT2D eigenvalue weighted by Crippen LogP contribution is -2.40. The molecule has 0 amide bonds. The number of nitrogens with zero attached hydrogens (tertiary/aromatic N) is 4. The van der Waals surface area contributed by atoms with Crippen molar-refractivity contribution in [3.63, 3.8) is 0 Å². The molecule has 2 aromatic rings. The second-order valence-electron chi connectivity index (χ2n) is 6.06. The fraction of sp³-hybridized carbons (Fsp3) is 0.667. The van der Waals surface area contributed by atoms with Gasteiger partial charge in [-0.05, 0) is 25.7 Å². The van der Waals surface area contributed by atoms with Crippen molar-refractivity contribution in [2.45, 2.75) is 50.7 Å². The van der Waals surface area contributed by atoms with Gasteiger partial charge in [-0.1, -0.05) is 12.8 Å². The van der Waals surface area contributed by atoms with Crippen molar-refractivity contribution in [2.24, 2.45) is 0 Å². The Morgan fingerprint density at radius 3 is 2.90 bits per heavy atom. The maximum Gasteiger partial charge on any atom is 0.160 e. The summed E-state index contributed by atoms with van der Waals surface area (Å²) in [5.41, 5.74) is 0.815. The number of hydrogen-bond acceptors (Lipinski definition) is 5. The Morgan fingerprint density at radius 2 is 2.10 bits per heavy atom. The molecule has 2 aromatic heterocycles. The Morgan fingerprint density at radius 1 is 1.19 bits per heavy atom. The van der Waals surface area contributed by atoms with Crippen LogP contribution in [0.2, 0.25) is 0 Å². The van der Waals surface area contributed by atoms with E-state index in [9.17, 15) is 0 Å². The third-order valence-electron chi connectivity index (χ3n) is 4.69. The number of anilines is 1. The third-order valence-corrected chi connectivity index (χ3v) is 4.69. The van der Waals surface area contributed by atoms with E-state index in [2.05, 4.69) is 25.1 Å². The molecule has 21 heavy (non-hydrogen) atoms. The predicted octanol–water partition coefficient (Wildman–Crippen LogP) is 2.28. The molecule has 1 N–H and O–H groups in total. The van der Waals surface area contributed by atoms with Gasteiger partial charge in [0.1, 0.15) is 12.1 Å². The molecule has 1 saturated carbocycles. The van der Waals surface area contributed by atoms with Gasteiger partial charge in [-0.3, -0.25) is 5.10 Å². The summed E-state index contributed by atoms with van der Waals surface area (Å²) < 4.78 is 5.85. The molecule has 6 heteroatoms. The van der Waals surface area contributed by atoms with Gasteiger partial charge >= 0.3 is 0 Å². The van der Waals surface area contributed by atoms with Crippen LogP contribution in [0.3, 0.4) is 0 Å². The molecule has 3 heterocycles. The lowest BCUT2D eigenvalue weighted by Gasteiger charge is -2.32. The van der Waals surface area contributed by atoms with Gasteiger partial charge in [0.25, 0.3) is 0 Å². The van der Waals surface area contributed by atoms with E-state index in [1.54, 1.807) is 6.33 Å². The molecular weight excluding hydrogens is 266 g/mol. The molecule has 112 valence electrons. The number of aromatic nitrogens is 4. The smallest absolute Gasteiger partial charge is 0.160 e. The highest BCUT2D eigenvalue weighted by Crippen LogP contribution is 2.31. The molecule has 0 bridgehead atoms. The average Bonchev–Trinajstić information content (AvgIpc) is 3.24. The van der Waals surface area contributed by atoms with Crippen LogP contribution in [0, 0.1) is 0 Å². The number of nitrogens with one attached hydrogen (secondary N) is 1. The summed E-state index contributed by atoms with van der Waals surface area (Å²) in [5.74, 6) is 1.01. The topological polar surface area (TPSA) is 66.9 Å². The Kier molecular flexibility index (Phi) is 3.47. The zero-order valence-electron chi connectivity index (χ0n) is 12.2. The lowest BCUT2D eigenvalue weighted by atomic mass is 10.1. The summed E-state index contributed by atoms with van der Waals surface area (Å²) in [4.78, 5) is 11.3. The van der Waals surface area contributed by atoms with Gasteiger partial charge in [0.15, 0.2) is 5.65 Å². The molecule has 1 aliphatic carbocycles. The summed E-state index contributed by atoms with van der Waals surface area (Å²) in [6.45, 7) is 1.83. The van der Waals surface area contributed by atoms with Crippen LogP contribution in [-0.2, 0) is 4.74 Å². The van der Waals surface area contributed by atoms with E-state index in [0.717, 1.165) is 36.4 Å². The highest BCUT2D eigenvalue weighted by atomic mass is 16.5. The molecule has 2 fully saturated rings. The molecule has 1 aliphatic heterocycles. The molecule has 1 atom stereocenters. The Balaban J connectivity index is 1.68. The van der Waals surface area contributed by atoms with E-state index in [4.69, 9.17) is 4.74 Å². The minimum absolute atomic E-state index is 0.336. The average molecular weight is 287 g/mol. The Labute approximate surface area is 123 Å². The number of rotatable bonds is 4. The van der Waals surface area contributed by atoms with Crippen LogP contribution in [0.1, 0.15) is 38.5 Å². The van der Waals surface area contributed by atoms with Crippen molar-refractivity contribution < 1.29 is 4.74 Å². The molecule has 0 spiro atoms. The van der Waals surface area contributed by atoms with Crippen molar-refractivity contribution in [1.29, 1.82) is 0 Å². The van der Waals surface area contributed by atoms with E-state index < -0.39 is 0 Å². The van der Waals surface area contributed by atoms with E-state index >= 15 is 0 Å². The summed E-state index contributed by atoms with van der Waals surface area (Å²) >= 11 is 0. The van der Waals surface area contributed by atoms with Gasteiger partial charge in [0.2, 0.25) is 0 Å². The third kappa shape index (κ3) is 2.48. The number of hydrogen-bond donors (Lipinski definition) is 1. The summed E-state index contributed by atoms with van der Waals surface area (Å²) in [7, 11) is 0. The van der Waals surface area contributed by atoms with Crippen molar-refractivity contribution in [3.05, 3.63) is 12.5 Å². The van der Waals surface area contributed by atoms with Crippen LogP contribution in [0.4, 0.5) is 5.82 Å². The van der Waals surface area contributed by atoms with E-state index in [-0.39, 0.29) is 0 Å². The minimum atomic E-state index is 0.336. The van der Waals surface area contributed by atoms with Crippen molar-refractivity contribution in [3.8, 4) is 0 Å². The molecule has 6 nitrogen and oxygen atoms in total. The van der Waals surface area contributed by atoms with Crippen molar-refractivity contribution in [1.82, 2.24) is 20.2 Å². The molecule has 0 radical (unpaired) electrons. The normalized spacial score (nSPS) is 23.1. The molecule has 0 aromatic carbocycles. The van der Waals surface area contributed by atoms with Gasteiger partial charge in [0, 0.05) is 19.2 Å². The first-order valence-corrected chi connectivity index (χ1v) is 7.94. The standard InChI is InChI=1S/C15H21N5O/c1-2-5-11(4-1)20(9-12-6-3-7-21-12)15-13-8-18-19-14(13)16-10-17-15/h8,10-12H,1-7,9H2,(H,16,17,18,19). The summed E-state index contributed by atoms with van der Waals surface area (Å²) in [6, 6.07) is 0.571. The second-order valence-corrected chi connectivity index (χ2v) is 6.06. The SMILES string of the molecule is c1nc(N(CC2CCCO2)C2CCCC2)c2cn[nH]c2n1. The largest absolute Gasteiger partial charge is 0.376 e. The number of H-pyrrole nitrogens is 1. The summed E-state index contributed by atoms with van der Waals surface area (Å²) in [5, 5.41) is 8.07. The Bertz CT molecular complexity index is 601. The first kappa shape index (κ1) is 13.0. The maximum atomic E-state index is 5.85. The van der Waals surface area contributed by atoms with Crippen LogP contribution in [-0.4, -0.2) is 45.5 Å². The van der Waals surface area contributed by atoms with E-state index in [1.165, 1.54) is 32.1 Å². The van der Waals surface area contributed by atoms with Gasteiger partial charge in [-0.15, -0.1) is 0 Å². The maximum absolute atomic E-state index is 5.85. The quantitative estimate of drug-likeness (QED) is 0.934. The van der Waals surface area contributed by atoms with Gasteiger partial charge in [-0.25, -0.2) is 9.97 Å². The fourth-order valence-corrected chi connectivity index (χ4v) is 3.61. The molecule has 4 rings (SSSR count). The van der Waals surface area contributed by atoms with Crippen molar-refractivity contribution in [2.75, 3.05) is 18.1 Å². The lowest BCUT2D eigenvalue weighted by molar-refractivity contribution is 0.114. The molecule has 1 unspecified atom stereocenters. The zero-order chi connectivity index (χ0) is 14.1. The monoisotopic (exact) mass is 287 g/mol. The zero-order valence-corrected chi connectivity index (χ0v) is 12.2. The van der Waals surface area contributed by atoms with E-state index in [0.29, 0.717) is 12.1 Å². The Hall–Kier alpha value is -1.69. The molecule has 2 aliphatic rings. The van der Waals surface area contributed by atoms with Gasteiger partial charge in [0.05, 0.1) is 17.7 Å². The fourth-order valence-electron chi connectivity index (χ4n) is 3.61. The first-order chi connectivity index (χ1) is 10.4. The number of aromatic amines is 1. The highest BCUT2D eigenvalue weighted by Gasteiger charge is 2.29. The van der Waals surface area contributed by atoms with Crippen LogP contribution in [0.25, 0.3) is 11.0 Å². The van der Waals surface area contributed by atoms with Crippen LogP contribution in [0.5, 0.6) is 0 Å². The van der Waals surface area contributed by atoms with Crippen LogP contribution in [0.15, 0.2) is 12.5 Å². The van der Waals surface area contributed by atoms with Gasteiger partial charge < -0.3 is 9.64 Å². The van der Waals surface area contributed by atoms with Crippen LogP contribution >= 0.6 is 0 Å².